The van der Waals surface area contributed by atoms with E-state index in [-0.39, 0.29) is 23.7 Å². The van der Waals surface area contributed by atoms with Crippen LogP contribution in [0.4, 0.5) is 4.39 Å². The molecule has 1 aliphatic rings. The lowest BCUT2D eigenvalue weighted by Crippen LogP contribution is -2.40. The van der Waals surface area contributed by atoms with Crippen LogP contribution in [0.15, 0.2) is 54.7 Å². The number of amides is 1. The van der Waals surface area contributed by atoms with Gasteiger partial charge >= 0.3 is 0 Å². The Labute approximate surface area is 238 Å². The molecule has 212 valence electrons. The highest BCUT2D eigenvalue weighted by Crippen LogP contribution is 2.43. The molecule has 0 bridgehead atoms. The minimum Gasteiger partial charge on any atom is -0.381 e. The van der Waals surface area contributed by atoms with E-state index in [0.717, 1.165) is 51.8 Å². The summed E-state index contributed by atoms with van der Waals surface area (Å²) in [6, 6.07) is 15.9. The van der Waals surface area contributed by atoms with Gasteiger partial charge in [-0.25, -0.2) is 9.07 Å². The van der Waals surface area contributed by atoms with Gasteiger partial charge in [-0.2, -0.15) is 0 Å². The Hall–Kier alpha value is -4.11. The van der Waals surface area contributed by atoms with Gasteiger partial charge in [0.1, 0.15) is 0 Å². The average molecular weight is 555 g/mol. The maximum Gasteiger partial charge on any atom is 0.217 e. The second-order valence-corrected chi connectivity index (χ2v) is 11.5. The van der Waals surface area contributed by atoms with Crippen LogP contribution in [-0.4, -0.2) is 43.7 Å². The summed E-state index contributed by atoms with van der Waals surface area (Å²) < 4.78 is 26.6. The quantitative estimate of drug-likeness (QED) is 0.286. The van der Waals surface area contributed by atoms with Crippen molar-refractivity contribution in [3.8, 4) is 11.3 Å². The van der Waals surface area contributed by atoms with E-state index in [0.29, 0.717) is 24.3 Å². The Morgan fingerprint density at radius 1 is 1.15 bits per heavy atom. The smallest absolute Gasteiger partial charge is 0.217 e. The van der Waals surface area contributed by atoms with Crippen LogP contribution in [-0.2, 0) is 22.1 Å². The van der Waals surface area contributed by atoms with E-state index in [1.807, 2.05) is 58.3 Å². The fourth-order valence-electron chi connectivity index (χ4n) is 6.53. The van der Waals surface area contributed by atoms with Crippen molar-refractivity contribution < 1.29 is 13.9 Å². The molecule has 1 N–H and O–H groups in total. The van der Waals surface area contributed by atoms with Gasteiger partial charge in [0, 0.05) is 49.9 Å². The van der Waals surface area contributed by atoms with Gasteiger partial charge in [0.05, 0.1) is 39.5 Å². The minimum absolute atomic E-state index is 0.156. The molecular weight excluding hydrogens is 519 g/mol. The average Bonchev–Trinajstić information content (AvgIpc) is 3.45. The van der Waals surface area contributed by atoms with Crippen LogP contribution >= 0.6 is 0 Å². The number of benzene rings is 2. The van der Waals surface area contributed by atoms with Gasteiger partial charge in [0.15, 0.2) is 5.82 Å². The van der Waals surface area contributed by atoms with E-state index in [1.54, 1.807) is 10.7 Å². The molecule has 9 heteroatoms. The van der Waals surface area contributed by atoms with Crippen molar-refractivity contribution in [1.29, 1.82) is 0 Å². The lowest BCUT2D eigenvalue weighted by molar-refractivity contribution is -0.120. The van der Waals surface area contributed by atoms with Crippen LogP contribution in [0.5, 0.6) is 0 Å². The molecule has 1 atom stereocenters. The number of hydrogen-bond donors (Lipinski definition) is 1. The Bertz CT molecular complexity index is 1730. The molecule has 1 saturated heterocycles. The third-order valence-electron chi connectivity index (χ3n) is 8.30. The van der Waals surface area contributed by atoms with Gasteiger partial charge in [-0.3, -0.25) is 9.78 Å². The second kappa shape index (κ2) is 10.4. The SMILES string of the molecule is CC(=O)NC(C)(C)c1ccc2c3ncc(-c4c(C)nnn4C)cc3n([C@H](c3ccccc3)C3CCOCC3)c2c1F. The highest BCUT2D eigenvalue weighted by molar-refractivity contribution is 6.07. The normalized spacial score (nSPS) is 15.5. The first kappa shape index (κ1) is 27.1. The zero-order chi connectivity index (χ0) is 28.9. The third kappa shape index (κ3) is 4.68. The number of ether oxygens (including phenoxy) is 1. The molecule has 0 unspecified atom stereocenters. The van der Waals surface area contributed by atoms with Crippen molar-refractivity contribution in [1.82, 2.24) is 29.9 Å². The van der Waals surface area contributed by atoms with Crippen LogP contribution in [0, 0.1) is 18.7 Å². The van der Waals surface area contributed by atoms with E-state index in [2.05, 4.69) is 38.4 Å². The molecule has 1 amide bonds. The van der Waals surface area contributed by atoms with Crippen molar-refractivity contribution in [3.05, 3.63) is 77.4 Å². The predicted octanol–water partition coefficient (Wildman–Crippen LogP) is 5.82. The summed E-state index contributed by atoms with van der Waals surface area (Å²) in [5, 5.41) is 12.1. The van der Waals surface area contributed by atoms with E-state index < -0.39 is 5.54 Å². The highest BCUT2D eigenvalue weighted by atomic mass is 19.1. The number of aryl methyl sites for hydroxylation is 2. The molecule has 8 nitrogen and oxygen atoms in total. The van der Waals surface area contributed by atoms with Gasteiger partial charge in [-0.05, 0) is 51.2 Å². The van der Waals surface area contributed by atoms with Crippen LogP contribution < -0.4 is 5.32 Å². The number of fused-ring (bicyclic) bond motifs is 3. The van der Waals surface area contributed by atoms with Crippen LogP contribution in [0.1, 0.15) is 56.5 Å². The van der Waals surface area contributed by atoms with Gasteiger partial charge in [0.25, 0.3) is 0 Å². The minimum atomic E-state index is -0.914. The molecule has 0 aliphatic carbocycles. The van der Waals surface area contributed by atoms with E-state index >= 15 is 4.39 Å². The number of pyridine rings is 1. The predicted molar refractivity (Wildman–Crippen MR) is 157 cm³/mol. The Kier molecular flexibility index (Phi) is 6.85. The lowest BCUT2D eigenvalue weighted by Gasteiger charge is -2.33. The van der Waals surface area contributed by atoms with Crippen LogP contribution in [0.25, 0.3) is 33.2 Å². The van der Waals surface area contributed by atoms with Gasteiger partial charge in [0.2, 0.25) is 5.91 Å². The summed E-state index contributed by atoms with van der Waals surface area (Å²) in [5.41, 5.74) is 5.20. The summed E-state index contributed by atoms with van der Waals surface area (Å²) in [4.78, 5) is 17.0. The topological polar surface area (TPSA) is 86.9 Å². The van der Waals surface area contributed by atoms with E-state index in [4.69, 9.17) is 9.72 Å². The van der Waals surface area contributed by atoms with Crippen molar-refractivity contribution in [2.45, 2.75) is 52.1 Å². The fourth-order valence-corrected chi connectivity index (χ4v) is 6.53. The van der Waals surface area contributed by atoms with Crippen molar-refractivity contribution in [2.24, 2.45) is 13.0 Å². The summed E-state index contributed by atoms with van der Waals surface area (Å²) in [7, 11) is 1.86. The number of hydrogen-bond acceptors (Lipinski definition) is 5. The monoisotopic (exact) mass is 554 g/mol. The molecule has 2 aromatic carbocycles. The molecule has 1 aliphatic heterocycles. The molecular formula is C32H35FN6O2. The molecule has 41 heavy (non-hydrogen) atoms. The van der Waals surface area contributed by atoms with Gasteiger partial charge in [-0.1, -0.05) is 47.7 Å². The van der Waals surface area contributed by atoms with E-state index in [9.17, 15) is 4.79 Å². The standard InChI is InChI=1S/C32H35FN6O2/c1-19-29(38(5)37-36-19)23-17-26-28(34-18-23)24-11-12-25(32(3,4)35-20(2)40)27(33)31(24)39(26)30(21-9-7-6-8-10-21)22-13-15-41-16-14-22/h6-12,17-18,22,30H,13-16H2,1-5H3,(H,35,40)/t30-/m1/s1. The maximum atomic E-state index is 17.0. The number of carbonyl (C=O) groups excluding carboxylic acids is 1. The summed E-state index contributed by atoms with van der Waals surface area (Å²) in [6.07, 6.45) is 3.53. The van der Waals surface area contributed by atoms with E-state index in [1.165, 1.54) is 6.92 Å². The second-order valence-electron chi connectivity index (χ2n) is 11.5. The number of nitrogens with zero attached hydrogens (tertiary/aromatic N) is 5. The molecule has 0 radical (unpaired) electrons. The van der Waals surface area contributed by atoms with Crippen molar-refractivity contribution in [2.75, 3.05) is 13.2 Å². The number of carbonyl (C=O) groups is 1. The number of rotatable bonds is 6. The Morgan fingerprint density at radius 3 is 2.54 bits per heavy atom. The first-order valence-electron chi connectivity index (χ1n) is 14.1. The first-order chi connectivity index (χ1) is 19.7. The molecule has 4 heterocycles. The molecule has 3 aromatic heterocycles. The largest absolute Gasteiger partial charge is 0.381 e. The van der Waals surface area contributed by atoms with Gasteiger partial charge < -0.3 is 14.6 Å². The summed E-state index contributed by atoms with van der Waals surface area (Å²) >= 11 is 0. The Morgan fingerprint density at radius 2 is 1.88 bits per heavy atom. The third-order valence-corrected chi connectivity index (χ3v) is 8.30. The molecule has 6 rings (SSSR count). The molecule has 0 saturated carbocycles. The zero-order valence-electron chi connectivity index (χ0n) is 24.1. The molecule has 5 aromatic rings. The van der Waals surface area contributed by atoms with Crippen molar-refractivity contribution in [3.63, 3.8) is 0 Å². The fraction of sp³-hybridized carbons (Fsp3) is 0.375. The van der Waals surface area contributed by atoms with Crippen LogP contribution in [0.2, 0.25) is 0 Å². The first-order valence-corrected chi connectivity index (χ1v) is 14.1. The van der Waals surface area contributed by atoms with Crippen molar-refractivity contribution >= 4 is 27.8 Å². The van der Waals surface area contributed by atoms with Gasteiger partial charge in [-0.15, -0.1) is 5.10 Å². The zero-order valence-corrected chi connectivity index (χ0v) is 24.1. The Balaban J connectivity index is 1.71. The highest BCUT2D eigenvalue weighted by Gasteiger charge is 2.34. The molecule has 0 spiro atoms. The number of aromatic nitrogens is 5. The lowest BCUT2D eigenvalue weighted by atomic mass is 9.86. The summed E-state index contributed by atoms with van der Waals surface area (Å²) in [5.74, 6) is -0.349. The summed E-state index contributed by atoms with van der Waals surface area (Å²) in [6.45, 7) is 8.36. The molecule has 1 fully saturated rings. The maximum absolute atomic E-state index is 17.0. The van der Waals surface area contributed by atoms with Crippen LogP contribution in [0.3, 0.4) is 0 Å². The number of halogens is 1. The number of nitrogens with one attached hydrogen (secondary N) is 1.